The molecular formula is C21H17F3N4O5S. The van der Waals surface area contributed by atoms with Crippen molar-refractivity contribution >= 4 is 21.7 Å². The molecule has 2 aromatic carbocycles. The number of fused-ring (bicyclic) bond motifs is 1. The van der Waals surface area contributed by atoms with Gasteiger partial charge in [0.05, 0.1) is 16.1 Å². The van der Waals surface area contributed by atoms with Crippen LogP contribution < -0.4 is 21.3 Å². The van der Waals surface area contributed by atoms with Crippen LogP contribution in [-0.4, -0.2) is 30.1 Å². The first kappa shape index (κ1) is 23.4. The Morgan fingerprint density at radius 1 is 0.912 bits per heavy atom. The summed E-state index contributed by atoms with van der Waals surface area (Å²) in [7, 11) is -4.96. The Kier molecular flexibility index (Phi) is 5.29. The van der Waals surface area contributed by atoms with Gasteiger partial charge in [-0.15, -0.1) is 0 Å². The molecule has 1 atom stereocenters. The van der Waals surface area contributed by atoms with Gasteiger partial charge in [0.25, 0.3) is 11.5 Å². The normalized spacial score (nSPS) is 18.0. The summed E-state index contributed by atoms with van der Waals surface area (Å²) >= 11 is 0. The lowest BCUT2D eigenvalue weighted by atomic mass is 9.93. The van der Waals surface area contributed by atoms with Crippen LogP contribution in [0.1, 0.15) is 16.7 Å². The van der Waals surface area contributed by atoms with Crippen molar-refractivity contribution in [1.82, 2.24) is 14.3 Å². The monoisotopic (exact) mass is 494 g/mol. The van der Waals surface area contributed by atoms with E-state index in [-0.39, 0.29) is 5.69 Å². The predicted molar refractivity (Wildman–Crippen MR) is 115 cm³/mol. The number of aromatic amines is 1. The summed E-state index contributed by atoms with van der Waals surface area (Å²) in [4.78, 5) is 39.2. The first-order valence-corrected chi connectivity index (χ1v) is 11.2. The molecule has 2 heterocycles. The van der Waals surface area contributed by atoms with Gasteiger partial charge in [0.2, 0.25) is 15.6 Å². The van der Waals surface area contributed by atoms with Gasteiger partial charge in [0.1, 0.15) is 5.82 Å². The van der Waals surface area contributed by atoms with Gasteiger partial charge < -0.3 is 5.32 Å². The van der Waals surface area contributed by atoms with Crippen molar-refractivity contribution < 1.29 is 26.4 Å². The Balaban J connectivity index is 2.01. The molecule has 1 amide bonds. The smallest absolute Gasteiger partial charge is 0.309 e. The number of anilines is 1. The number of carbonyl (C=O) groups excluding carboxylic acids is 1. The number of H-pyrrole nitrogens is 1. The first-order chi connectivity index (χ1) is 15.8. The number of amides is 1. The molecule has 0 fully saturated rings. The van der Waals surface area contributed by atoms with Crippen molar-refractivity contribution in [2.45, 2.75) is 30.5 Å². The molecule has 0 bridgehead atoms. The number of alkyl halides is 3. The second kappa shape index (κ2) is 7.67. The minimum absolute atomic E-state index is 0.0442. The van der Waals surface area contributed by atoms with Crippen molar-refractivity contribution in [3.05, 3.63) is 86.1 Å². The maximum absolute atomic E-state index is 14.5. The highest BCUT2D eigenvalue weighted by atomic mass is 32.2. The summed E-state index contributed by atoms with van der Waals surface area (Å²) in [6, 6.07) is 10.8. The lowest BCUT2D eigenvalue weighted by Crippen LogP contribution is -2.61. The maximum Gasteiger partial charge on any atom is 0.421 e. The quantitative estimate of drug-likeness (QED) is 0.510. The van der Waals surface area contributed by atoms with E-state index >= 15 is 0 Å². The molecule has 0 saturated carbocycles. The van der Waals surface area contributed by atoms with E-state index in [1.165, 1.54) is 29.0 Å². The van der Waals surface area contributed by atoms with Crippen LogP contribution in [0.3, 0.4) is 0 Å². The molecule has 34 heavy (non-hydrogen) atoms. The summed E-state index contributed by atoms with van der Waals surface area (Å²) in [5.41, 5.74) is -6.49. The number of aryl methyl sites for hydroxylation is 2. The lowest BCUT2D eigenvalue weighted by Gasteiger charge is -2.29. The van der Waals surface area contributed by atoms with Crippen LogP contribution in [0, 0.1) is 13.8 Å². The van der Waals surface area contributed by atoms with Crippen LogP contribution in [0.25, 0.3) is 5.69 Å². The van der Waals surface area contributed by atoms with E-state index in [0.717, 1.165) is 17.7 Å². The molecule has 1 aromatic heterocycles. The fraction of sp³-hybridized carbons (Fsp3) is 0.190. The number of sulfonamides is 1. The van der Waals surface area contributed by atoms with Crippen molar-refractivity contribution in [3.63, 3.8) is 0 Å². The fourth-order valence-electron chi connectivity index (χ4n) is 3.66. The molecule has 3 aromatic rings. The number of halogens is 3. The van der Waals surface area contributed by atoms with Gasteiger partial charge in [-0.25, -0.2) is 17.8 Å². The number of nitrogens with one attached hydrogen (secondary N) is 3. The number of rotatable bonds is 4. The summed E-state index contributed by atoms with van der Waals surface area (Å²) in [6.45, 7) is 3.38. The average molecular weight is 494 g/mol. The number of aromatic nitrogens is 2. The van der Waals surface area contributed by atoms with E-state index in [1.807, 2.05) is 5.32 Å². The highest BCUT2D eigenvalue weighted by Gasteiger charge is 2.69. The van der Waals surface area contributed by atoms with Gasteiger partial charge in [-0.1, -0.05) is 35.4 Å². The molecule has 0 saturated heterocycles. The molecule has 0 unspecified atom stereocenters. The molecule has 3 N–H and O–H groups in total. The average Bonchev–Trinajstić information content (AvgIpc) is 3.02. The molecular weight excluding hydrogens is 477 g/mol. The van der Waals surface area contributed by atoms with Crippen LogP contribution in [0.5, 0.6) is 0 Å². The predicted octanol–water partition coefficient (Wildman–Crippen LogP) is 1.83. The van der Waals surface area contributed by atoms with E-state index in [2.05, 4.69) is 0 Å². The van der Waals surface area contributed by atoms with Gasteiger partial charge in [-0.2, -0.15) is 17.9 Å². The van der Waals surface area contributed by atoms with Gasteiger partial charge >= 0.3 is 11.9 Å². The third-order valence-electron chi connectivity index (χ3n) is 5.39. The topological polar surface area (TPSA) is 130 Å². The largest absolute Gasteiger partial charge is 0.421 e. The zero-order valence-corrected chi connectivity index (χ0v) is 18.5. The molecule has 1 aliphatic rings. The van der Waals surface area contributed by atoms with Gasteiger partial charge in [0, 0.05) is 0 Å². The zero-order chi connectivity index (χ0) is 25.1. The van der Waals surface area contributed by atoms with Crippen LogP contribution >= 0.6 is 0 Å². The van der Waals surface area contributed by atoms with Crippen molar-refractivity contribution in [1.29, 1.82) is 0 Å². The van der Waals surface area contributed by atoms with Crippen LogP contribution in [-0.2, 0) is 20.4 Å². The van der Waals surface area contributed by atoms with Crippen LogP contribution in [0.15, 0.2) is 63.0 Å². The highest BCUT2D eigenvalue weighted by molar-refractivity contribution is 7.89. The highest BCUT2D eigenvalue weighted by Crippen LogP contribution is 2.46. The van der Waals surface area contributed by atoms with E-state index in [0.29, 0.717) is 10.1 Å². The Labute approximate surface area is 190 Å². The zero-order valence-electron chi connectivity index (χ0n) is 17.6. The Bertz CT molecular complexity index is 1530. The lowest BCUT2D eigenvalue weighted by molar-refractivity contribution is -0.194. The third kappa shape index (κ3) is 3.53. The van der Waals surface area contributed by atoms with E-state index in [9.17, 15) is 36.0 Å². The van der Waals surface area contributed by atoms with Gasteiger partial charge in [-0.3, -0.25) is 14.6 Å². The first-order valence-electron chi connectivity index (χ1n) is 9.73. The fourth-order valence-corrected chi connectivity index (χ4v) is 4.99. The number of hydrogen-bond acceptors (Lipinski definition) is 5. The van der Waals surface area contributed by atoms with Crippen molar-refractivity contribution in [3.8, 4) is 5.69 Å². The van der Waals surface area contributed by atoms with Gasteiger partial charge in [0.15, 0.2) is 0 Å². The second-order valence-corrected chi connectivity index (χ2v) is 9.46. The standard InChI is InChI=1S/C21H17F3N4O5S/c1-11-3-7-13(8-4-11)28-16-15(17(29)26-19(28)31)20(18(30)25-16,21(22,23)24)27-34(32,33)14-9-5-12(2)6-10-14/h3-10,27H,1-2H3,(H,25,30)(H,26,29,31)/t20-/m1/s1. The minimum atomic E-state index is -5.59. The summed E-state index contributed by atoms with van der Waals surface area (Å²) < 4.78 is 71.4. The molecule has 0 spiro atoms. The van der Waals surface area contributed by atoms with Crippen LogP contribution in [0.4, 0.5) is 19.0 Å². The maximum atomic E-state index is 14.5. The molecule has 9 nitrogen and oxygen atoms in total. The van der Waals surface area contributed by atoms with Gasteiger partial charge in [-0.05, 0) is 38.1 Å². The summed E-state index contributed by atoms with van der Waals surface area (Å²) in [5, 5.41) is 1.90. The number of benzene rings is 2. The SMILES string of the molecule is Cc1ccc(-n2c3c(c(=O)[nH]c2=O)[C@](NS(=O)(=O)c2ccc(C)cc2)(C(F)(F)F)C(=O)N3)cc1. The Hall–Kier alpha value is -3.71. The second-order valence-electron chi connectivity index (χ2n) is 7.77. The van der Waals surface area contributed by atoms with Crippen molar-refractivity contribution in [2.75, 3.05) is 5.32 Å². The summed E-state index contributed by atoms with van der Waals surface area (Å²) in [5.74, 6) is -2.66. The van der Waals surface area contributed by atoms with E-state index < -0.39 is 55.2 Å². The molecule has 178 valence electrons. The number of carbonyl (C=O) groups is 1. The van der Waals surface area contributed by atoms with E-state index in [1.54, 1.807) is 31.0 Å². The Morgan fingerprint density at radius 3 is 1.97 bits per heavy atom. The Morgan fingerprint density at radius 2 is 1.44 bits per heavy atom. The molecule has 0 radical (unpaired) electrons. The molecule has 4 rings (SSSR count). The van der Waals surface area contributed by atoms with Crippen molar-refractivity contribution in [2.24, 2.45) is 0 Å². The number of nitrogens with zero attached hydrogens (tertiary/aromatic N) is 1. The molecule has 0 aliphatic carbocycles. The summed E-state index contributed by atoms with van der Waals surface area (Å²) in [6.07, 6.45) is -5.59. The molecule has 1 aliphatic heterocycles. The minimum Gasteiger partial charge on any atom is -0.309 e. The number of hydrogen-bond donors (Lipinski definition) is 3. The molecule has 13 heteroatoms. The van der Waals surface area contributed by atoms with Crippen LogP contribution in [0.2, 0.25) is 0 Å². The van der Waals surface area contributed by atoms with E-state index in [4.69, 9.17) is 0 Å². The third-order valence-corrected chi connectivity index (χ3v) is 6.86.